The minimum atomic E-state index is -0.561. The van der Waals surface area contributed by atoms with Gasteiger partial charge in [0.25, 0.3) is 0 Å². The molecule has 0 aliphatic rings. The van der Waals surface area contributed by atoms with Crippen LogP contribution in [-0.4, -0.2) is 23.0 Å². The molecule has 2 aromatic rings. The first-order valence-corrected chi connectivity index (χ1v) is 8.05. The standard InChI is InChI=1S/C21H25NO/c1-16(2)14-21(23)17(3)22-20(19-12-8-5-9-13-19)15-18-10-6-4-7-11-18/h4-14,17,21,23H,15H2,1-3H3/b22-20-/t17-,21?/m0/s1. The highest BCUT2D eigenvalue weighted by molar-refractivity contribution is 6.02. The number of hydrogen-bond acceptors (Lipinski definition) is 2. The third-order valence-electron chi connectivity index (χ3n) is 3.68. The molecular weight excluding hydrogens is 282 g/mol. The summed E-state index contributed by atoms with van der Waals surface area (Å²) >= 11 is 0. The van der Waals surface area contributed by atoms with E-state index in [1.165, 1.54) is 5.56 Å². The number of benzene rings is 2. The van der Waals surface area contributed by atoms with Crippen LogP contribution >= 0.6 is 0 Å². The Labute approximate surface area is 139 Å². The van der Waals surface area contributed by atoms with Crippen molar-refractivity contribution >= 4 is 5.71 Å². The van der Waals surface area contributed by atoms with E-state index in [1.54, 1.807) is 0 Å². The van der Waals surface area contributed by atoms with Gasteiger partial charge in [-0.1, -0.05) is 72.3 Å². The lowest BCUT2D eigenvalue weighted by molar-refractivity contribution is 0.198. The third kappa shape index (κ3) is 5.50. The molecule has 1 N–H and O–H groups in total. The third-order valence-corrected chi connectivity index (χ3v) is 3.68. The zero-order valence-electron chi connectivity index (χ0n) is 14.1. The number of aliphatic hydroxyl groups excluding tert-OH is 1. The van der Waals surface area contributed by atoms with Crippen LogP contribution in [0.2, 0.25) is 0 Å². The Bertz CT molecular complexity index is 655. The molecular formula is C21H25NO. The zero-order chi connectivity index (χ0) is 16.7. The number of aliphatic hydroxyl groups is 1. The molecule has 2 nitrogen and oxygen atoms in total. The van der Waals surface area contributed by atoms with E-state index in [0.717, 1.165) is 23.3 Å². The molecule has 2 heteroatoms. The van der Waals surface area contributed by atoms with Gasteiger partial charge in [0, 0.05) is 12.1 Å². The van der Waals surface area contributed by atoms with Crippen LogP contribution < -0.4 is 0 Å². The fourth-order valence-electron chi connectivity index (χ4n) is 2.44. The number of nitrogens with zero attached hydrogens (tertiary/aromatic N) is 1. The van der Waals surface area contributed by atoms with Crippen molar-refractivity contribution in [2.45, 2.75) is 39.3 Å². The average Bonchev–Trinajstić information content (AvgIpc) is 2.55. The predicted octanol–water partition coefficient (Wildman–Crippen LogP) is 4.43. The van der Waals surface area contributed by atoms with Crippen LogP contribution in [0, 0.1) is 0 Å². The van der Waals surface area contributed by atoms with Crippen LogP contribution in [-0.2, 0) is 6.42 Å². The van der Waals surface area contributed by atoms with Crippen molar-refractivity contribution in [1.29, 1.82) is 0 Å². The van der Waals surface area contributed by atoms with E-state index in [1.807, 2.05) is 63.2 Å². The zero-order valence-corrected chi connectivity index (χ0v) is 14.1. The predicted molar refractivity (Wildman–Crippen MR) is 98.0 cm³/mol. The Balaban J connectivity index is 2.30. The van der Waals surface area contributed by atoms with Crippen molar-refractivity contribution in [1.82, 2.24) is 0 Å². The molecule has 0 heterocycles. The summed E-state index contributed by atoms with van der Waals surface area (Å²) in [6.45, 7) is 5.93. The van der Waals surface area contributed by atoms with E-state index in [2.05, 4.69) is 24.3 Å². The van der Waals surface area contributed by atoms with Gasteiger partial charge in [0.05, 0.1) is 12.1 Å². The second kappa shape index (κ2) is 8.44. The van der Waals surface area contributed by atoms with Crippen molar-refractivity contribution in [3.05, 3.63) is 83.4 Å². The van der Waals surface area contributed by atoms with Crippen LogP contribution in [0.3, 0.4) is 0 Å². The van der Waals surface area contributed by atoms with Crippen molar-refractivity contribution in [2.75, 3.05) is 0 Å². The largest absolute Gasteiger partial charge is 0.387 e. The van der Waals surface area contributed by atoms with Crippen LogP contribution in [0.25, 0.3) is 0 Å². The summed E-state index contributed by atoms with van der Waals surface area (Å²) in [6, 6.07) is 20.3. The normalized spacial score (nSPS) is 14.2. The van der Waals surface area contributed by atoms with E-state index in [9.17, 15) is 5.11 Å². The number of allylic oxidation sites excluding steroid dienone is 1. The fraction of sp³-hybridized carbons (Fsp3) is 0.286. The van der Waals surface area contributed by atoms with Crippen molar-refractivity contribution < 1.29 is 5.11 Å². The summed E-state index contributed by atoms with van der Waals surface area (Å²) in [5.74, 6) is 0. The quantitative estimate of drug-likeness (QED) is 0.621. The molecule has 23 heavy (non-hydrogen) atoms. The van der Waals surface area contributed by atoms with Gasteiger partial charge < -0.3 is 5.11 Å². The molecule has 2 atom stereocenters. The monoisotopic (exact) mass is 307 g/mol. The smallest absolute Gasteiger partial charge is 0.0944 e. The molecule has 0 saturated heterocycles. The number of rotatable bonds is 6. The Morgan fingerprint density at radius 3 is 2.13 bits per heavy atom. The van der Waals surface area contributed by atoms with E-state index in [-0.39, 0.29) is 6.04 Å². The first-order chi connectivity index (χ1) is 11.1. The highest BCUT2D eigenvalue weighted by atomic mass is 16.3. The highest BCUT2D eigenvalue weighted by Crippen LogP contribution is 2.12. The molecule has 1 unspecified atom stereocenters. The van der Waals surface area contributed by atoms with E-state index >= 15 is 0 Å². The van der Waals surface area contributed by atoms with Gasteiger partial charge in [-0.25, -0.2) is 0 Å². The van der Waals surface area contributed by atoms with Crippen molar-refractivity contribution in [2.24, 2.45) is 4.99 Å². The van der Waals surface area contributed by atoms with E-state index in [4.69, 9.17) is 4.99 Å². The molecule has 0 aliphatic carbocycles. The SMILES string of the molecule is CC(C)=CC(O)[C@H](C)/N=C(/Cc1ccccc1)c1ccccc1. The molecule has 0 amide bonds. The fourth-order valence-corrected chi connectivity index (χ4v) is 2.44. The Hall–Kier alpha value is -2.19. The molecule has 2 aromatic carbocycles. The molecule has 2 rings (SSSR count). The Morgan fingerprint density at radius 1 is 1.00 bits per heavy atom. The molecule has 0 aliphatic heterocycles. The van der Waals surface area contributed by atoms with Gasteiger partial charge >= 0.3 is 0 Å². The summed E-state index contributed by atoms with van der Waals surface area (Å²) in [5, 5.41) is 10.3. The van der Waals surface area contributed by atoms with Crippen LogP contribution in [0.4, 0.5) is 0 Å². The minimum absolute atomic E-state index is 0.177. The summed E-state index contributed by atoms with van der Waals surface area (Å²) in [6.07, 6.45) is 2.06. The maximum atomic E-state index is 10.3. The van der Waals surface area contributed by atoms with E-state index < -0.39 is 6.10 Å². The lowest BCUT2D eigenvalue weighted by atomic mass is 10.0. The summed E-state index contributed by atoms with van der Waals surface area (Å²) in [5.41, 5.74) is 4.43. The van der Waals surface area contributed by atoms with Crippen LogP contribution in [0.5, 0.6) is 0 Å². The maximum Gasteiger partial charge on any atom is 0.0944 e. The molecule has 0 spiro atoms. The topological polar surface area (TPSA) is 32.6 Å². The van der Waals surface area contributed by atoms with Gasteiger partial charge in [-0.05, 0) is 31.9 Å². The van der Waals surface area contributed by atoms with Gasteiger partial charge in [0.1, 0.15) is 0 Å². The Morgan fingerprint density at radius 2 is 1.57 bits per heavy atom. The second-order valence-electron chi connectivity index (χ2n) is 6.08. The highest BCUT2D eigenvalue weighted by Gasteiger charge is 2.13. The van der Waals surface area contributed by atoms with Gasteiger partial charge in [0.2, 0.25) is 0 Å². The molecule has 0 fully saturated rings. The first kappa shape index (κ1) is 17.2. The van der Waals surface area contributed by atoms with Crippen molar-refractivity contribution in [3.8, 4) is 0 Å². The number of hydrogen-bond donors (Lipinski definition) is 1. The minimum Gasteiger partial charge on any atom is -0.387 e. The number of aliphatic imine (C=N–C) groups is 1. The van der Waals surface area contributed by atoms with E-state index in [0.29, 0.717) is 0 Å². The lowest BCUT2D eigenvalue weighted by Crippen LogP contribution is -2.21. The second-order valence-corrected chi connectivity index (χ2v) is 6.08. The van der Waals surface area contributed by atoms with Gasteiger partial charge in [0.15, 0.2) is 0 Å². The Kier molecular flexibility index (Phi) is 6.30. The summed E-state index contributed by atoms with van der Waals surface area (Å²) in [7, 11) is 0. The van der Waals surface area contributed by atoms with Crippen LogP contribution in [0.15, 0.2) is 77.3 Å². The molecule has 0 bridgehead atoms. The molecule has 0 aromatic heterocycles. The maximum absolute atomic E-state index is 10.3. The summed E-state index contributed by atoms with van der Waals surface area (Å²) in [4.78, 5) is 4.82. The molecule has 0 radical (unpaired) electrons. The molecule has 0 saturated carbocycles. The molecule has 120 valence electrons. The first-order valence-electron chi connectivity index (χ1n) is 8.05. The lowest BCUT2D eigenvalue weighted by Gasteiger charge is -2.15. The summed E-state index contributed by atoms with van der Waals surface area (Å²) < 4.78 is 0. The van der Waals surface area contributed by atoms with Crippen LogP contribution in [0.1, 0.15) is 31.9 Å². The van der Waals surface area contributed by atoms with Gasteiger partial charge in [-0.3, -0.25) is 4.99 Å². The average molecular weight is 307 g/mol. The van der Waals surface area contributed by atoms with Crippen molar-refractivity contribution in [3.63, 3.8) is 0 Å². The van der Waals surface area contributed by atoms with Gasteiger partial charge in [-0.15, -0.1) is 0 Å². The van der Waals surface area contributed by atoms with Gasteiger partial charge in [-0.2, -0.15) is 0 Å².